The maximum atomic E-state index is 13.2. The summed E-state index contributed by atoms with van der Waals surface area (Å²) in [5.41, 5.74) is 8.02. The molecule has 1 amide bonds. The SMILES string of the molecule is CC(=O)c1nc(-c2cc(C(O)(C(N)=O)C(F)F)ccc2C)cnc1N. The number of amides is 1. The maximum Gasteiger partial charge on any atom is 0.280 e. The van der Waals surface area contributed by atoms with Crippen molar-refractivity contribution in [2.75, 3.05) is 5.73 Å². The lowest BCUT2D eigenvalue weighted by Gasteiger charge is -2.25. The molecule has 1 heterocycles. The highest BCUT2D eigenvalue weighted by atomic mass is 19.3. The van der Waals surface area contributed by atoms with E-state index in [1.807, 2.05) is 0 Å². The number of primary amides is 1. The second-order valence-corrected chi connectivity index (χ2v) is 5.51. The third-order valence-electron chi connectivity index (χ3n) is 3.78. The summed E-state index contributed by atoms with van der Waals surface area (Å²) in [6.45, 7) is 2.92. The van der Waals surface area contributed by atoms with E-state index in [9.17, 15) is 23.5 Å². The Morgan fingerprint density at radius 1 is 1.32 bits per heavy atom. The summed E-state index contributed by atoms with van der Waals surface area (Å²) >= 11 is 0. The lowest BCUT2D eigenvalue weighted by atomic mass is 9.90. The fraction of sp³-hybridized carbons (Fsp3) is 0.250. The highest BCUT2D eigenvalue weighted by Gasteiger charge is 2.46. The van der Waals surface area contributed by atoms with Crippen molar-refractivity contribution in [2.24, 2.45) is 5.73 Å². The number of hydrogen-bond acceptors (Lipinski definition) is 6. The number of halogens is 2. The van der Waals surface area contributed by atoms with Crippen molar-refractivity contribution in [3.63, 3.8) is 0 Å². The highest BCUT2D eigenvalue weighted by molar-refractivity contribution is 5.96. The van der Waals surface area contributed by atoms with Gasteiger partial charge >= 0.3 is 0 Å². The number of rotatable bonds is 5. The van der Waals surface area contributed by atoms with E-state index in [1.165, 1.54) is 25.3 Å². The van der Waals surface area contributed by atoms with Gasteiger partial charge in [-0.15, -0.1) is 0 Å². The minimum absolute atomic E-state index is 0.0636. The number of aliphatic hydroxyl groups is 1. The van der Waals surface area contributed by atoms with E-state index >= 15 is 0 Å². The standard InChI is InChI=1S/C16H16F2N4O3/c1-7-3-4-9(16(25,14(17)18)15(20)24)5-10(7)11-6-21-13(19)12(22-11)8(2)23/h3-6,14,25H,1-2H3,(H2,19,21)(H2,20,24). The zero-order chi connectivity index (χ0) is 18.9. The highest BCUT2D eigenvalue weighted by Crippen LogP contribution is 2.32. The molecular formula is C16H16F2N4O3. The van der Waals surface area contributed by atoms with Crippen LogP contribution >= 0.6 is 0 Å². The summed E-state index contributed by atoms with van der Waals surface area (Å²) in [5, 5.41) is 10.1. The summed E-state index contributed by atoms with van der Waals surface area (Å²) in [6.07, 6.45) is -2.16. The molecule has 0 aliphatic heterocycles. The molecular weight excluding hydrogens is 334 g/mol. The van der Waals surface area contributed by atoms with Gasteiger partial charge in [0, 0.05) is 12.5 Å². The first-order chi connectivity index (χ1) is 11.6. The monoisotopic (exact) mass is 350 g/mol. The van der Waals surface area contributed by atoms with Crippen LogP contribution in [0.4, 0.5) is 14.6 Å². The lowest BCUT2D eigenvalue weighted by Crippen LogP contribution is -2.47. The van der Waals surface area contributed by atoms with Crippen molar-refractivity contribution < 1.29 is 23.5 Å². The van der Waals surface area contributed by atoms with Crippen molar-refractivity contribution in [2.45, 2.75) is 25.9 Å². The number of nitrogens with two attached hydrogens (primary N) is 2. The van der Waals surface area contributed by atoms with E-state index in [4.69, 9.17) is 11.5 Å². The van der Waals surface area contributed by atoms with Crippen molar-refractivity contribution in [1.29, 1.82) is 0 Å². The van der Waals surface area contributed by atoms with E-state index in [0.29, 0.717) is 11.1 Å². The van der Waals surface area contributed by atoms with Crippen LogP contribution in [-0.4, -0.2) is 33.2 Å². The van der Waals surface area contributed by atoms with Gasteiger partial charge in [-0.1, -0.05) is 12.1 Å². The lowest BCUT2D eigenvalue weighted by molar-refractivity contribution is -0.156. The number of alkyl halides is 2. The molecule has 2 rings (SSSR count). The topological polar surface area (TPSA) is 132 Å². The number of hydrogen-bond donors (Lipinski definition) is 3. The van der Waals surface area contributed by atoms with E-state index in [-0.39, 0.29) is 17.2 Å². The fourth-order valence-electron chi connectivity index (χ4n) is 2.30. The molecule has 25 heavy (non-hydrogen) atoms. The summed E-state index contributed by atoms with van der Waals surface area (Å²) < 4.78 is 26.5. The smallest absolute Gasteiger partial charge is 0.280 e. The van der Waals surface area contributed by atoms with Gasteiger partial charge in [-0.3, -0.25) is 9.59 Å². The van der Waals surface area contributed by atoms with Gasteiger partial charge in [0.1, 0.15) is 5.69 Å². The number of aryl methyl sites for hydroxylation is 1. The van der Waals surface area contributed by atoms with Crippen LogP contribution in [0.15, 0.2) is 24.4 Å². The molecule has 1 aromatic carbocycles. The van der Waals surface area contributed by atoms with Gasteiger partial charge in [-0.05, 0) is 24.1 Å². The second-order valence-electron chi connectivity index (χ2n) is 5.51. The van der Waals surface area contributed by atoms with Gasteiger partial charge in [0.25, 0.3) is 12.3 Å². The van der Waals surface area contributed by atoms with Crippen LogP contribution in [0.2, 0.25) is 0 Å². The molecule has 0 radical (unpaired) electrons. The van der Waals surface area contributed by atoms with Crippen LogP contribution in [0, 0.1) is 6.92 Å². The number of carbonyl (C=O) groups is 2. The zero-order valence-corrected chi connectivity index (χ0v) is 13.5. The Labute approximate surface area is 141 Å². The summed E-state index contributed by atoms with van der Waals surface area (Å²) in [5.74, 6) is -2.06. The number of benzene rings is 1. The molecule has 1 atom stereocenters. The van der Waals surface area contributed by atoms with Crippen LogP contribution in [-0.2, 0) is 10.4 Å². The largest absolute Gasteiger partial charge is 0.382 e. The zero-order valence-electron chi connectivity index (χ0n) is 13.5. The van der Waals surface area contributed by atoms with Crippen LogP contribution in [0.5, 0.6) is 0 Å². The van der Waals surface area contributed by atoms with Crippen LogP contribution in [0.1, 0.15) is 28.5 Å². The van der Waals surface area contributed by atoms with Gasteiger partial charge in [-0.2, -0.15) is 0 Å². The molecule has 0 aliphatic rings. The first kappa shape index (κ1) is 18.4. The molecule has 132 valence electrons. The van der Waals surface area contributed by atoms with Gasteiger partial charge in [0.15, 0.2) is 11.6 Å². The molecule has 0 fully saturated rings. The molecule has 1 aromatic heterocycles. The normalized spacial score (nSPS) is 13.5. The third kappa shape index (κ3) is 3.18. The Morgan fingerprint density at radius 3 is 2.48 bits per heavy atom. The van der Waals surface area contributed by atoms with Gasteiger partial charge in [0.05, 0.1) is 11.9 Å². The summed E-state index contributed by atoms with van der Waals surface area (Å²) in [6, 6.07) is 3.76. The van der Waals surface area contributed by atoms with Gasteiger partial charge in [0.2, 0.25) is 5.60 Å². The first-order valence-corrected chi connectivity index (χ1v) is 7.14. The van der Waals surface area contributed by atoms with E-state index in [0.717, 1.165) is 6.07 Å². The number of anilines is 1. The quantitative estimate of drug-likeness (QED) is 0.694. The fourth-order valence-corrected chi connectivity index (χ4v) is 2.30. The molecule has 7 nitrogen and oxygen atoms in total. The molecule has 0 spiro atoms. The minimum atomic E-state index is -3.43. The molecule has 0 bridgehead atoms. The molecule has 0 aliphatic carbocycles. The number of Topliss-reactive ketones (excluding diaryl/α,β-unsaturated/α-hetero) is 1. The van der Waals surface area contributed by atoms with E-state index in [2.05, 4.69) is 9.97 Å². The third-order valence-corrected chi connectivity index (χ3v) is 3.78. The number of carbonyl (C=O) groups excluding carboxylic acids is 2. The summed E-state index contributed by atoms with van der Waals surface area (Å²) in [7, 11) is 0. The maximum absolute atomic E-state index is 13.2. The number of nitrogen functional groups attached to an aromatic ring is 1. The Kier molecular flexibility index (Phi) is 4.80. The molecule has 9 heteroatoms. The molecule has 0 saturated carbocycles. The molecule has 1 unspecified atom stereocenters. The first-order valence-electron chi connectivity index (χ1n) is 7.14. The van der Waals surface area contributed by atoms with Gasteiger partial charge < -0.3 is 16.6 Å². The average Bonchev–Trinajstić information content (AvgIpc) is 2.54. The minimum Gasteiger partial charge on any atom is -0.382 e. The van der Waals surface area contributed by atoms with Gasteiger partial charge in [-0.25, -0.2) is 18.7 Å². The number of ketones is 1. The molecule has 2 aromatic rings. The Balaban J connectivity index is 2.67. The van der Waals surface area contributed by atoms with Crippen molar-refractivity contribution in [3.05, 3.63) is 41.2 Å². The second kappa shape index (κ2) is 6.52. The number of aromatic nitrogens is 2. The molecule has 0 saturated heterocycles. The summed E-state index contributed by atoms with van der Waals surface area (Å²) in [4.78, 5) is 30.9. The molecule has 5 N–H and O–H groups in total. The predicted octanol–water partition coefficient (Wildman–Crippen LogP) is 1.17. The van der Waals surface area contributed by atoms with Crippen LogP contribution < -0.4 is 11.5 Å². The Hall–Kier alpha value is -2.94. The average molecular weight is 350 g/mol. The van der Waals surface area contributed by atoms with E-state index in [1.54, 1.807) is 6.92 Å². The van der Waals surface area contributed by atoms with E-state index < -0.39 is 29.3 Å². The Morgan fingerprint density at radius 2 is 1.96 bits per heavy atom. The van der Waals surface area contributed by atoms with Crippen molar-refractivity contribution in [1.82, 2.24) is 9.97 Å². The predicted molar refractivity (Wildman–Crippen MR) is 85.7 cm³/mol. The van der Waals surface area contributed by atoms with Crippen LogP contribution in [0.3, 0.4) is 0 Å². The number of nitrogens with zero attached hydrogens (tertiary/aromatic N) is 2. The Bertz CT molecular complexity index is 857. The van der Waals surface area contributed by atoms with Crippen molar-refractivity contribution >= 4 is 17.5 Å². The van der Waals surface area contributed by atoms with Crippen LogP contribution in [0.25, 0.3) is 11.3 Å². The van der Waals surface area contributed by atoms with Crippen molar-refractivity contribution in [3.8, 4) is 11.3 Å².